The number of epoxide rings is 1. The average molecular weight is 297 g/mol. The molecule has 1 saturated carbocycles. The monoisotopic (exact) mass is 296 g/mol. The molecule has 110 valence electrons. The van der Waals surface area contributed by atoms with Gasteiger partial charge in [-0.05, 0) is 49.3 Å². The van der Waals surface area contributed by atoms with Crippen LogP contribution in [0.3, 0.4) is 0 Å². The minimum Gasteiger partial charge on any atom is -0.371 e. The van der Waals surface area contributed by atoms with Crippen LogP contribution in [0.25, 0.3) is 0 Å². The van der Waals surface area contributed by atoms with E-state index in [1.165, 1.54) is 18.4 Å². The molecule has 2 aliphatic rings. The first-order chi connectivity index (χ1) is 9.81. The zero-order valence-corrected chi connectivity index (χ0v) is 12.3. The van der Waals surface area contributed by atoms with Gasteiger partial charge >= 0.3 is 0 Å². The number of halogens is 1. The zero-order chi connectivity index (χ0) is 13.8. The van der Waals surface area contributed by atoms with E-state index < -0.39 is 0 Å². The van der Waals surface area contributed by atoms with Crippen LogP contribution in [-0.4, -0.2) is 32.2 Å². The molecular weight excluding hydrogens is 276 g/mol. The van der Waals surface area contributed by atoms with E-state index in [9.17, 15) is 0 Å². The SMILES string of the molecule is Clc1ccc(C2CCC(OCOCC3CO3)CC2)cc1. The topological polar surface area (TPSA) is 31.0 Å². The molecule has 1 aromatic carbocycles. The Bertz CT molecular complexity index is 408. The number of hydrogen-bond donors (Lipinski definition) is 0. The number of ether oxygens (including phenoxy) is 3. The van der Waals surface area contributed by atoms with E-state index in [0.29, 0.717) is 31.5 Å². The van der Waals surface area contributed by atoms with Crippen LogP contribution in [0.2, 0.25) is 5.02 Å². The van der Waals surface area contributed by atoms with Crippen molar-refractivity contribution in [2.45, 2.75) is 43.8 Å². The standard InChI is InChI=1S/C16H21ClO3/c17-14-5-1-12(2-6-14)13-3-7-15(8-4-13)20-11-18-9-16-10-19-16/h1-2,5-6,13,15-16H,3-4,7-11H2. The van der Waals surface area contributed by atoms with Gasteiger partial charge in [-0.2, -0.15) is 0 Å². The summed E-state index contributed by atoms with van der Waals surface area (Å²) in [5, 5.41) is 0.808. The first-order valence-electron chi connectivity index (χ1n) is 7.37. The van der Waals surface area contributed by atoms with Crippen molar-refractivity contribution in [2.24, 2.45) is 0 Å². The largest absolute Gasteiger partial charge is 0.371 e. The van der Waals surface area contributed by atoms with Gasteiger partial charge < -0.3 is 14.2 Å². The van der Waals surface area contributed by atoms with E-state index in [2.05, 4.69) is 12.1 Å². The minimum absolute atomic E-state index is 0.319. The van der Waals surface area contributed by atoms with Gasteiger partial charge in [-0.15, -0.1) is 0 Å². The lowest BCUT2D eigenvalue weighted by atomic mass is 9.83. The Hall–Kier alpha value is -0.610. The van der Waals surface area contributed by atoms with E-state index >= 15 is 0 Å². The maximum Gasteiger partial charge on any atom is 0.147 e. The Morgan fingerprint density at radius 1 is 1.10 bits per heavy atom. The van der Waals surface area contributed by atoms with E-state index in [1.54, 1.807) is 0 Å². The molecule has 1 saturated heterocycles. The molecular formula is C16H21ClO3. The molecule has 3 rings (SSSR count). The normalized spacial score (nSPS) is 29.4. The third-order valence-electron chi connectivity index (χ3n) is 4.11. The molecule has 2 fully saturated rings. The van der Waals surface area contributed by atoms with Crippen molar-refractivity contribution >= 4 is 11.6 Å². The summed E-state index contributed by atoms with van der Waals surface area (Å²) in [5.74, 6) is 0.646. The highest BCUT2D eigenvalue weighted by atomic mass is 35.5. The quantitative estimate of drug-likeness (QED) is 0.455. The van der Waals surface area contributed by atoms with Crippen LogP contribution in [0.15, 0.2) is 24.3 Å². The minimum atomic E-state index is 0.319. The number of rotatable bonds is 6. The van der Waals surface area contributed by atoms with Crippen LogP contribution in [0.1, 0.15) is 37.2 Å². The molecule has 20 heavy (non-hydrogen) atoms. The summed E-state index contributed by atoms with van der Waals surface area (Å²) in [5.41, 5.74) is 1.40. The Labute approximate surface area is 125 Å². The lowest BCUT2D eigenvalue weighted by molar-refractivity contribution is -0.102. The molecule has 0 N–H and O–H groups in total. The number of benzene rings is 1. The van der Waals surface area contributed by atoms with Crippen LogP contribution in [-0.2, 0) is 14.2 Å². The maximum absolute atomic E-state index is 5.93. The summed E-state index contributed by atoms with van der Waals surface area (Å²) < 4.78 is 16.3. The second-order valence-electron chi connectivity index (χ2n) is 5.64. The van der Waals surface area contributed by atoms with Crippen LogP contribution < -0.4 is 0 Å². The predicted molar refractivity (Wildman–Crippen MR) is 78.1 cm³/mol. The lowest BCUT2D eigenvalue weighted by Gasteiger charge is -2.28. The van der Waals surface area contributed by atoms with Crippen molar-refractivity contribution < 1.29 is 14.2 Å². The second-order valence-corrected chi connectivity index (χ2v) is 6.07. The summed E-state index contributed by atoms with van der Waals surface area (Å²) in [7, 11) is 0. The van der Waals surface area contributed by atoms with E-state index in [-0.39, 0.29) is 0 Å². The average Bonchev–Trinajstić information content (AvgIpc) is 3.29. The lowest BCUT2D eigenvalue weighted by Crippen LogP contribution is -2.22. The summed E-state index contributed by atoms with van der Waals surface area (Å²) in [6.45, 7) is 1.91. The van der Waals surface area contributed by atoms with Crippen LogP contribution in [0.5, 0.6) is 0 Å². The Balaban J connectivity index is 1.36. The Morgan fingerprint density at radius 2 is 1.80 bits per heavy atom. The van der Waals surface area contributed by atoms with E-state index in [0.717, 1.165) is 24.5 Å². The fourth-order valence-electron chi connectivity index (χ4n) is 2.79. The van der Waals surface area contributed by atoms with Crippen molar-refractivity contribution in [3.05, 3.63) is 34.9 Å². The molecule has 1 heterocycles. The molecule has 1 atom stereocenters. The first-order valence-corrected chi connectivity index (χ1v) is 7.75. The Kier molecular flexibility index (Phi) is 4.94. The van der Waals surface area contributed by atoms with Gasteiger partial charge in [0.2, 0.25) is 0 Å². The van der Waals surface area contributed by atoms with E-state index in [1.807, 2.05) is 12.1 Å². The van der Waals surface area contributed by atoms with Gasteiger partial charge in [0.05, 0.1) is 19.3 Å². The van der Waals surface area contributed by atoms with Crippen molar-refractivity contribution in [3.63, 3.8) is 0 Å². The molecule has 0 bridgehead atoms. The molecule has 1 unspecified atom stereocenters. The molecule has 1 aliphatic heterocycles. The van der Waals surface area contributed by atoms with Gasteiger partial charge in [0.1, 0.15) is 12.9 Å². The van der Waals surface area contributed by atoms with Crippen LogP contribution in [0.4, 0.5) is 0 Å². The molecule has 0 aromatic heterocycles. The summed E-state index contributed by atoms with van der Waals surface area (Å²) in [6.07, 6.45) is 5.24. The second kappa shape index (κ2) is 6.90. The summed E-state index contributed by atoms with van der Waals surface area (Å²) in [6, 6.07) is 8.25. The fourth-order valence-corrected chi connectivity index (χ4v) is 2.91. The van der Waals surface area contributed by atoms with Gasteiger partial charge in [0, 0.05) is 5.02 Å². The van der Waals surface area contributed by atoms with Crippen LogP contribution in [0, 0.1) is 0 Å². The third kappa shape index (κ3) is 4.19. The molecule has 0 amide bonds. The smallest absolute Gasteiger partial charge is 0.147 e. The highest BCUT2D eigenvalue weighted by molar-refractivity contribution is 6.30. The number of hydrogen-bond acceptors (Lipinski definition) is 3. The van der Waals surface area contributed by atoms with Crippen molar-refractivity contribution in [2.75, 3.05) is 20.0 Å². The van der Waals surface area contributed by atoms with Gasteiger partial charge in [0.15, 0.2) is 0 Å². The Morgan fingerprint density at radius 3 is 2.45 bits per heavy atom. The third-order valence-corrected chi connectivity index (χ3v) is 4.36. The van der Waals surface area contributed by atoms with Crippen molar-refractivity contribution in [1.82, 2.24) is 0 Å². The van der Waals surface area contributed by atoms with Crippen molar-refractivity contribution in [3.8, 4) is 0 Å². The first kappa shape index (κ1) is 14.3. The van der Waals surface area contributed by atoms with Crippen LogP contribution >= 0.6 is 11.6 Å². The summed E-state index contributed by atoms with van der Waals surface area (Å²) >= 11 is 5.93. The molecule has 3 nitrogen and oxygen atoms in total. The van der Waals surface area contributed by atoms with Gasteiger partial charge in [0.25, 0.3) is 0 Å². The highest BCUT2D eigenvalue weighted by Crippen LogP contribution is 2.34. The molecule has 1 aromatic rings. The van der Waals surface area contributed by atoms with Crippen molar-refractivity contribution in [1.29, 1.82) is 0 Å². The predicted octanol–water partition coefficient (Wildman–Crippen LogP) is 3.76. The van der Waals surface area contributed by atoms with E-state index in [4.69, 9.17) is 25.8 Å². The molecule has 4 heteroatoms. The zero-order valence-electron chi connectivity index (χ0n) is 11.6. The van der Waals surface area contributed by atoms with Gasteiger partial charge in [-0.25, -0.2) is 0 Å². The molecule has 0 spiro atoms. The van der Waals surface area contributed by atoms with Gasteiger partial charge in [-0.3, -0.25) is 0 Å². The van der Waals surface area contributed by atoms with Gasteiger partial charge in [-0.1, -0.05) is 23.7 Å². The molecule has 1 aliphatic carbocycles. The fraction of sp³-hybridized carbons (Fsp3) is 0.625. The highest BCUT2D eigenvalue weighted by Gasteiger charge is 2.24. The summed E-state index contributed by atoms with van der Waals surface area (Å²) in [4.78, 5) is 0. The molecule has 0 radical (unpaired) electrons. The maximum atomic E-state index is 5.93.